The van der Waals surface area contributed by atoms with Crippen LogP contribution in [0.25, 0.3) is 87.6 Å². The van der Waals surface area contributed by atoms with Gasteiger partial charge >= 0.3 is 0 Å². The molecular weight excluding hydrogens is 520 g/mol. The molecule has 0 amide bonds. The van der Waals surface area contributed by atoms with Gasteiger partial charge in [-0.1, -0.05) is 127 Å². The molecule has 0 radical (unpaired) electrons. The Morgan fingerprint density at radius 1 is 0.395 bits per heavy atom. The standard InChI is InChI=1S/C42H26O/c1-2-11-27(12-3-1)28-15-10-16-31(23-28)41-33-17-6-8-19-35(33)42(36-20-9-7-18-34(36)41)32-21-22-39-37(25-32)38-24-29-13-4-5-14-30(29)26-40(38)43-39/h1-26H/i1D,2D,3D,6D,7D,8D,9D,10D,11D,12D,15D,16D,17D,18D,19D,20D,23D. The van der Waals surface area contributed by atoms with E-state index in [1.165, 1.54) is 0 Å². The molecule has 1 aromatic heterocycles. The number of rotatable bonds is 3. The SMILES string of the molecule is [2H]c1c([2H])c([2H])c(-c2c([2H])c([2H])c([2H])c(-c3c4c([2H])c([2H])c([2H])c([2H])c4c(-c4ccc5oc6cc7ccccc7cc6c5c4)c4c([2H])c([2H])c([2H])c([2H])c34)c2[2H])c([2H])c1[2H]. The van der Waals surface area contributed by atoms with Crippen LogP contribution >= 0.6 is 0 Å². The second-order valence-corrected chi connectivity index (χ2v) is 10.0. The van der Waals surface area contributed by atoms with Crippen LogP contribution in [0.4, 0.5) is 0 Å². The molecule has 1 nitrogen and oxygen atoms in total. The van der Waals surface area contributed by atoms with Crippen molar-refractivity contribution in [2.45, 2.75) is 0 Å². The summed E-state index contributed by atoms with van der Waals surface area (Å²) in [5.74, 6) is 0. The predicted molar refractivity (Wildman–Crippen MR) is 183 cm³/mol. The van der Waals surface area contributed by atoms with Gasteiger partial charge in [-0.2, -0.15) is 0 Å². The Hall–Kier alpha value is -5.66. The second kappa shape index (κ2) is 9.44. The highest BCUT2D eigenvalue weighted by molar-refractivity contribution is 6.22. The summed E-state index contributed by atoms with van der Waals surface area (Å²) < 4.78 is 157. The lowest BCUT2D eigenvalue weighted by Crippen LogP contribution is -1.91. The average molecular weight is 564 g/mol. The van der Waals surface area contributed by atoms with Gasteiger partial charge in [0.2, 0.25) is 0 Å². The molecule has 0 aliphatic rings. The average Bonchev–Trinajstić information content (AvgIpc) is 3.60. The summed E-state index contributed by atoms with van der Waals surface area (Å²) in [6, 6.07) is 3.51. The van der Waals surface area contributed by atoms with Crippen molar-refractivity contribution in [3.63, 3.8) is 0 Å². The summed E-state index contributed by atoms with van der Waals surface area (Å²) in [5, 5.41) is 1.91. The first-order chi connectivity index (χ1) is 28.4. The Morgan fingerprint density at radius 2 is 0.953 bits per heavy atom. The molecule has 1 heteroatoms. The fraction of sp³-hybridized carbons (Fsp3) is 0. The van der Waals surface area contributed by atoms with Crippen LogP contribution in [0.5, 0.6) is 0 Å². The van der Waals surface area contributed by atoms with E-state index in [9.17, 15) is 8.22 Å². The zero-order valence-electron chi connectivity index (χ0n) is 39.1. The van der Waals surface area contributed by atoms with E-state index in [2.05, 4.69) is 0 Å². The summed E-state index contributed by atoms with van der Waals surface area (Å²) in [5.41, 5.74) is -1.08. The van der Waals surface area contributed by atoms with Crippen LogP contribution in [0.2, 0.25) is 0 Å². The van der Waals surface area contributed by atoms with Crippen molar-refractivity contribution in [3.8, 4) is 33.4 Å². The topological polar surface area (TPSA) is 13.1 Å². The molecule has 0 atom stereocenters. The third-order valence-electron chi connectivity index (χ3n) is 7.63. The van der Waals surface area contributed by atoms with Crippen molar-refractivity contribution in [2.24, 2.45) is 0 Å². The predicted octanol–water partition coefficient (Wildman–Crippen LogP) is 12.0. The first-order valence-electron chi connectivity index (χ1n) is 21.9. The molecule has 0 fully saturated rings. The lowest BCUT2D eigenvalue weighted by atomic mass is 9.85. The Labute approximate surface area is 273 Å². The molecular formula is C42H26O. The van der Waals surface area contributed by atoms with Crippen molar-refractivity contribution in [3.05, 3.63) is 157 Å². The van der Waals surface area contributed by atoms with Gasteiger partial charge in [-0.25, -0.2) is 0 Å². The van der Waals surface area contributed by atoms with Gasteiger partial charge in [0, 0.05) is 10.8 Å². The molecule has 0 aliphatic carbocycles. The molecule has 0 saturated heterocycles. The highest BCUT2D eigenvalue weighted by Gasteiger charge is 2.18. The largest absolute Gasteiger partial charge is 0.456 e. The van der Waals surface area contributed by atoms with Gasteiger partial charge in [0.15, 0.2) is 0 Å². The molecule has 8 aromatic carbocycles. The molecule has 9 rings (SSSR count). The van der Waals surface area contributed by atoms with E-state index < -0.39 is 125 Å². The zero-order valence-corrected chi connectivity index (χ0v) is 22.1. The van der Waals surface area contributed by atoms with Crippen LogP contribution in [-0.4, -0.2) is 0 Å². The van der Waals surface area contributed by atoms with Gasteiger partial charge in [-0.3, -0.25) is 0 Å². The van der Waals surface area contributed by atoms with Crippen molar-refractivity contribution < 1.29 is 27.7 Å². The third-order valence-corrected chi connectivity index (χ3v) is 7.63. The van der Waals surface area contributed by atoms with Crippen molar-refractivity contribution in [1.29, 1.82) is 0 Å². The zero-order chi connectivity index (χ0) is 43.1. The number of furan rings is 1. The van der Waals surface area contributed by atoms with Crippen molar-refractivity contribution in [2.75, 3.05) is 0 Å². The highest BCUT2D eigenvalue weighted by atomic mass is 16.3. The molecule has 9 aromatic rings. The van der Waals surface area contributed by atoms with Gasteiger partial charge < -0.3 is 4.42 Å². The summed E-state index contributed by atoms with van der Waals surface area (Å²) >= 11 is 0. The summed E-state index contributed by atoms with van der Waals surface area (Å²) in [6.07, 6.45) is 0. The molecule has 0 N–H and O–H groups in total. The van der Waals surface area contributed by atoms with Crippen LogP contribution in [0.15, 0.2) is 162 Å². The van der Waals surface area contributed by atoms with Crippen LogP contribution in [0.1, 0.15) is 23.3 Å². The van der Waals surface area contributed by atoms with Crippen LogP contribution in [0, 0.1) is 0 Å². The summed E-state index contributed by atoms with van der Waals surface area (Å²) in [6.45, 7) is 0. The van der Waals surface area contributed by atoms with E-state index in [-0.39, 0.29) is 32.7 Å². The Morgan fingerprint density at radius 3 is 1.65 bits per heavy atom. The Balaban J connectivity index is 1.53. The first-order valence-corrected chi connectivity index (χ1v) is 13.4. The molecule has 0 spiro atoms. The van der Waals surface area contributed by atoms with Crippen LogP contribution in [-0.2, 0) is 0 Å². The van der Waals surface area contributed by atoms with E-state index >= 15 is 0 Å². The monoisotopic (exact) mass is 563 g/mol. The third kappa shape index (κ3) is 3.79. The summed E-state index contributed by atoms with van der Waals surface area (Å²) in [7, 11) is 0. The molecule has 200 valence electrons. The molecule has 1 heterocycles. The normalized spacial score (nSPS) is 17.3. The maximum absolute atomic E-state index is 9.55. The fourth-order valence-corrected chi connectivity index (χ4v) is 5.75. The lowest BCUT2D eigenvalue weighted by Gasteiger charge is -2.18. The minimum atomic E-state index is -0.875. The summed E-state index contributed by atoms with van der Waals surface area (Å²) in [4.78, 5) is 0. The molecule has 43 heavy (non-hydrogen) atoms. The van der Waals surface area contributed by atoms with Gasteiger partial charge in [0.05, 0.1) is 23.3 Å². The minimum Gasteiger partial charge on any atom is -0.456 e. The number of hydrogen-bond acceptors (Lipinski definition) is 1. The lowest BCUT2D eigenvalue weighted by molar-refractivity contribution is 0.669. The van der Waals surface area contributed by atoms with E-state index in [1.54, 1.807) is 18.2 Å². The smallest absolute Gasteiger partial charge is 0.136 e. The van der Waals surface area contributed by atoms with E-state index in [0.717, 1.165) is 10.8 Å². The maximum Gasteiger partial charge on any atom is 0.136 e. The number of fused-ring (bicyclic) bond motifs is 6. The van der Waals surface area contributed by atoms with Crippen LogP contribution < -0.4 is 0 Å². The first kappa shape index (κ1) is 12.7. The quantitative estimate of drug-likeness (QED) is 0.195. The van der Waals surface area contributed by atoms with Crippen molar-refractivity contribution >= 4 is 54.3 Å². The highest BCUT2D eigenvalue weighted by Crippen LogP contribution is 2.45. The molecule has 0 bridgehead atoms. The molecule has 0 aliphatic heterocycles. The number of benzene rings is 8. The van der Waals surface area contributed by atoms with Gasteiger partial charge in [-0.05, 0) is 96.0 Å². The van der Waals surface area contributed by atoms with Crippen molar-refractivity contribution in [1.82, 2.24) is 0 Å². The number of hydrogen-bond donors (Lipinski definition) is 0. The molecule has 0 saturated carbocycles. The maximum atomic E-state index is 9.55. The van der Waals surface area contributed by atoms with Crippen LogP contribution in [0.3, 0.4) is 0 Å². The van der Waals surface area contributed by atoms with Gasteiger partial charge in [0.1, 0.15) is 11.2 Å². The van der Waals surface area contributed by atoms with E-state index in [4.69, 9.17) is 19.5 Å². The molecule has 0 unspecified atom stereocenters. The van der Waals surface area contributed by atoms with E-state index in [0.29, 0.717) is 21.9 Å². The van der Waals surface area contributed by atoms with Gasteiger partial charge in [0.25, 0.3) is 0 Å². The second-order valence-electron chi connectivity index (χ2n) is 10.0. The Kier molecular flexibility index (Phi) is 2.79. The Bertz CT molecular complexity index is 3350. The minimum absolute atomic E-state index is 0.0214. The van der Waals surface area contributed by atoms with E-state index in [1.807, 2.05) is 36.4 Å². The fourth-order valence-electron chi connectivity index (χ4n) is 5.75. The van der Waals surface area contributed by atoms with Gasteiger partial charge in [-0.15, -0.1) is 0 Å².